The van der Waals surface area contributed by atoms with Gasteiger partial charge in [-0.2, -0.15) is 4.79 Å². The summed E-state index contributed by atoms with van der Waals surface area (Å²) >= 11 is 0. The van der Waals surface area contributed by atoms with Crippen molar-refractivity contribution in [1.29, 1.82) is 0 Å². The molecule has 0 fully saturated rings. The van der Waals surface area contributed by atoms with E-state index < -0.39 is 25.8 Å². The van der Waals surface area contributed by atoms with Crippen LogP contribution in [-0.2, 0) is 16.1 Å². The molecule has 0 radical (unpaired) electrons. The summed E-state index contributed by atoms with van der Waals surface area (Å²) in [5.74, 6) is 0.195. The van der Waals surface area contributed by atoms with Gasteiger partial charge in [0, 0.05) is 36.5 Å². The van der Waals surface area contributed by atoms with E-state index in [1.165, 1.54) is 16.9 Å². The Morgan fingerprint density at radius 3 is 1.85 bits per heavy atom. The molecule has 0 unspecified atom stereocenters. The number of methoxy groups -OCH3 is 2. The summed E-state index contributed by atoms with van der Waals surface area (Å²) in [4.78, 5) is 33.7. The average molecular weight is 665 g/mol. The predicted octanol–water partition coefficient (Wildman–Crippen LogP) is 5.72. The fraction of sp³-hybridized carbons (Fsp3) is 0.289. The quantitative estimate of drug-likeness (QED) is 0.0599. The van der Waals surface area contributed by atoms with Crippen molar-refractivity contribution in [1.82, 2.24) is 4.90 Å². The summed E-state index contributed by atoms with van der Waals surface area (Å²) in [6.45, 7) is 10.9. The van der Waals surface area contributed by atoms with Crippen molar-refractivity contribution in [3.63, 3.8) is 0 Å². The fourth-order valence-electron chi connectivity index (χ4n) is 5.94. The number of nitrogens with zero attached hydrogens (tertiary/aromatic N) is 4. The maximum absolute atomic E-state index is 14.3. The van der Waals surface area contributed by atoms with Crippen LogP contribution in [0.2, 0.25) is 5.04 Å². The number of hydrogen-bond acceptors (Lipinski definition) is 5. The molecule has 250 valence electrons. The van der Waals surface area contributed by atoms with Crippen LogP contribution in [0.15, 0.2) is 103 Å². The molecule has 0 aliphatic heterocycles. The first-order valence-electron chi connectivity index (χ1n) is 16.0. The maximum Gasteiger partial charge on any atom is 0.443 e. The molecule has 10 heteroatoms. The molecule has 0 N–H and O–H groups in total. The van der Waals surface area contributed by atoms with Crippen molar-refractivity contribution in [2.24, 2.45) is 0 Å². The Hall–Kier alpha value is -5.18. The monoisotopic (exact) mass is 664 g/mol. The van der Waals surface area contributed by atoms with Crippen molar-refractivity contribution in [3.8, 4) is 17.2 Å². The van der Waals surface area contributed by atoms with E-state index in [1.54, 1.807) is 51.3 Å². The maximum atomic E-state index is 14.3. The lowest BCUT2D eigenvalue weighted by molar-refractivity contribution is -0.131. The molecule has 0 aromatic heterocycles. The lowest BCUT2D eigenvalue weighted by atomic mass is 10.1. The van der Waals surface area contributed by atoms with Crippen molar-refractivity contribution in [2.75, 3.05) is 32.2 Å². The molecule has 9 nitrogen and oxygen atoms in total. The normalized spacial score (nSPS) is 11.2. The van der Waals surface area contributed by atoms with Crippen LogP contribution in [0.1, 0.15) is 40.2 Å². The minimum absolute atomic E-state index is 0.000777. The predicted molar refractivity (Wildman–Crippen MR) is 192 cm³/mol. The second-order valence-corrected chi connectivity index (χ2v) is 16.5. The molecule has 0 heterocycles. The summed E-state index contributed by atoms with van der Waals surface area (Å²) < 4.78 is 18.3. The van der Waals surface area contributed by atoms with E-state index in [0.29, 0.717) is 41.6 Å². The molecule has 0 saturated heterocycles. The van der Waals surface area contributed by atoms with Gasteiger partial charge < -0.3 is 24.3 Å². The molecule has 4 aromatic carbocycles. The van der Waals surface area contributed by atoms with Gasteiger partial charge in [-0.25, -0.2) is 0 Å². The van der Waals surface area contributed by atoms with E-state index >= 15 is 0 Å². The number of benzene rings is 4. The Labute approximate surface area is 284 Å². The molecular formula is C38H44N4O5Si. The molecule has 0 aliphatic carbocycles. The minimum atomic E-state index is -3.01. The van der Waals surface area contributed by atoms with Crippen LogP contribution in [0.25, 0.3) is 5.53 Å². The van der Waals surface area contributed by atoms with Gasteiger partial charge in [0.25, 0.3) is 0 Å². The molecule has 0 saturated carbocycles. The second kappa shape index (κ2) is 15.6. The zero-order chi connectivity index (χ0) is 34.9. The van der Waals surface area contributed by atoms with Crippen LogP contribution in [0.4, 0.5) is 5.69 Å². The largest absolute Gasteiger partial charge is 0.534 e. The smallest absolute Gasteiger partial charge is 0.443 e. The molecule has 0 spiro atoms. The van der Waals surface area contributed by atoms with Crippen LogP contribution in [0.3, 0.4) is 0 Å². The third-order valence-electron chi connectivity index (χ3n) is 8.44. The Morgan fingerprint density at radius 2 is 1.35 bits per heavy atom. The highest BCUT2D eigenvalue weighted by molar-refractivity contribution is 7.00. The Kier molecular flexibility index (Phi) is 11.6. The summed E-state index contributed by atoms with van der Waals surface area (Å²) in [6, 6.07) is 33.1. The van der Waals surface area contributed by atoms with Crippen molar-refractivity contribution < 1.29 is 28.3 Å². The highest BCUT2D eigenvalue weighted by Crippen LogP contribution is 2.38. The standard InChI is InChI=1S/C38H44N4O5Si/c1-8-41(9-2)36(43)35(40-39)37(44)42(27-28-23-24-30(45-6)26-34(28)46-7)29-17-16-18-31(25-29)47-48(38(3,4)5,32-19-12-10-13-20-32)33-21-14-11-15-22-33/h10-26H,8-9,27H2,1-7H3. The topological polar surface area (TPSA) is 105 Å². The summed E-state index contributed by atoms with van der Waals surface area (Å²) in [5.41, 5.74) is 10.5. The van der Waals surface area contributed by atoms with E-state index in [0.717, 1.165) is 10.4 Å². The highest BCUT2D eigenvalue weighted by Gasteiger charge is 2.52. The first-order valence-corrected chi connectivity index (χ1v) is 17.9. The summed E-state index contributed by atoms with van der Waals surface area (Å²) in [6.07, 6.45) is 0. The molecule has 48 heavy (non-hydrogen) atoms. The third kappa shape index (κ3) is 7.35. The number of carbonyl (C=O) groups is 2. The molecular weight excluding hydrogens is 621 g/mol. The van der Waals surface area contributed by atoms with Crippen molar-refractivity contribution in [3.05, 3.63) is 114 Å². The zero-order valence-electron chi connectivity index (χ0n) is 28.8. The fourth-order valence-corrected chi connectivity index (χ4v) is 10.4. The van der Waals surface area contributed by atoms with Crippen molar-refractivity contribution >= 4 is 41.9 Å². The van der Waals surface area contributed by atoms with Crippen LogP contribution in [-0.4, -0.2) is 62.8 Å². The van der Waals surface area contributed by atoms with E-state index in [-0.39, 0.29) is 11.6 Å². The van der Waals surface area contributed by atoms with E-state index in [2.05, 4.69) is 49.8 Å². The Morgan fingerprint density at radius 1 is 0.750 bits per heavy atom. The molecule has 0 aliphatic rings. The molecule has 4 aromatic rings. The summed E-state index contributed by atoms with van der Waals surface area (Å²) in [7, 11) is 0.0873. The summed E-state index contributed by atoms with van der Waals surface area (Å²) in [5, 5.41) is 1.90. The lowest BCUT2D eigenvalue weighted by Gasteiger charge is -2.43. The lowest BCUT2D eigenvalue weighted by Crippen LogP contribution is -2.68. The van der Waals surface area contributed by atoms with Crippen LogP contribution in [0.5, 0.6) is 17.2 Å². The van der Waals surface area contributed by atoms with Crippen LogP contribution >= 0.6 is 0 Å². The second-order valence-electron chi connectivity index (χ2n) is 12.3. The number of rotatable bonds is 13. The van der Waals surface area contributed by atoms with Gasteiger partial charge >= 0.3 is 25.8 Å². The number of anilines is 1. The molecule has 0 atom stereocenters. The first kappa shape index (κ1) is 35.7. The van der Waals surface area contributed by atoms with Crippen molar-refractivity contribution in [2.45, 2.75) is 46.2 Å². The highest BCUT2D eigenvalue weighted by atomic mass is 28.4. The van der Waals surface area contributed by atoms with Gasteiger partial charge in [-0.05, 0) is 53.5 Å². The van der Waals surface area contributed by atoms with Gasteiger partial charge in [0.15, 0.2) is 0 Å². The van der Waals surface area contributed by atoms with E-state index in [4.69, 9.17) is 13.9 Å². The third-order valence-corrected chi connectivity index (χ3v) is 13.4. The number of hydrogen-bond donors (Lipinski definition) is 0. The number of amides is 2. The first-order chi connectivity index (χ1) is 23.0. The molecule has 2 amide bonds. The Balaban J connectivity index is 1.89. The van der Waals surface area contributed by atoms with Gasteiger partial charge in [-0.15, -0.1) is 0 Å². The minimum Gasteiger partial charge on any atom is -0.534 e. The van der Waals surface area contributed by atoms with E-state index in [9.17, 15) is 15.1 Å². The van der Waals surface area contributed by atoms with E-state index in [1.807, 2.05) is 48.5 Å². The Bertz CT molecular complexity index is 1730. The van der Waals surface area contributed by atoms with Crippen LogP contribution in [0, 0.1) is 0 Å². The zero-order valence-corrected chi connectivity index (χ0v) is 29.8. The number of ether oxygens (including phenoxy) is 2. The van der Waals surface area contributed by atoms with Gasteiger partial charge in [0.1, 0.15) is 17.2 Å². The van der Waals surface area contributed by atoms with Gasteiger partial charge in [-0.1, -0.05) is 87.5 Å². The molecule has 4 rings (SSSR count). The average Bonchev–Trinajstić information content (AvgIpc) is 3.10. The van der Waals surface area contributed by atoms with Gasteiger partial charge in [-0.3, -0.25) is 14.5 Å². The van der Waals surface area contributed by atoms with Crippen LogP contribution < -0.4 is 29.2 Å². The molecule has 0 bridgehead atoms. The number of carbonyl (C=O) groups excluding carboxylic acids is 2. The van der Waals surface area contributed by atoms with Gasteiger partial charge in [0.05, 0.1) is 20.8 Å². The van der Waals surface area contributed by atoms with Gasteiger partial charge in [0.2, 0.25) is 0 Å². The SMILES string of the molecule is CCN(CC)C(=O)C(=[N+]=[N-])C(=O)N(Cc1ccc(OC)cc1OC)c1cccc(O[Si](c2ccccc2)(c2ccccc2)C(C)(C)C)c1.